The minimum absolute atomic E-state index is 0.375. The van der Waals surface area contributed by atoms with Crippen LogP contribution in [0.3, 0.4) is 0 Å². The Morgan fingerprint density at radius 2 is 0.0727 bits per heavy atom. The van der Waals surface area contributed by atoms with Gasteiger partial charge in [-0.25, -0.2) is 0 Å². The Morgan fingerprint density at radius 1 is 0.0455 bits per heavy atom. The summed E-state index contributed by atoms with van der Waals surface area (Å²) >= 11 is 0. The predicted octanol–water partition coefficient (Wildman–Crippen LogP) is -71.9. The Hall–Kier alpha value is 7.14. The maximum atomic E-state index is 2.83. The van der Waals surface area contributed by atoms with Crippen LogP contribution >= 0.6 is 0 Å². The average Bonchev–Trinajstić information content (AvgIpc) is 0.705. The minimum Gasteiger partial charge on any atom is 0.000000140 e. The van der Waals surface area contributed by atoms with Gasteiger partial charge in [0.05, 0.1) is 433 Å². The summed E-state index contributed by atoms with van der Waals surface area (Å²) in [6.45, 7) is 0. The standard InChI is InChI=1S/B110H112/c1-57(2)85(58(3)4)99(86(59(5)6)60(7)8)106(100(87(61(9)10)62(11)12)88(63(13)14)64(15)16)109(105(97(81(49)50)82(51)52)98(83(53)54)84(55)56)110(107(101(89(65(17)18)66(19)20)90(67(21)22)68(23)24)102(91(69(25)26)70(27)28)92(71(29)30)72(31)32)108(103(93(73(33)34)74(35)36)94(75(37)38)76(39)40)104(95(77(41)42)78(43)44)96(79(45)46)80(47)48/h1-56H2. The smallest absolute Gasteiger partial charge is 0.000000140 e. The zero-order chi connectivity index (χ0) is 87.2. The molecule has 0 amide bonds. The van der Waals surface area contributed by atoms with E-state index in [9.17, 15) is 0 Å². The first-order chi connectivity index (χ1) is 50.0. The first-order valence-corrected chi connectivity index (χ1v) is 50.0. The Morgan fingerprint density at radius 3 is 0.100 bits per heavy atom. The van der Waals surface area contributed by atoms with Gasteiger partial charge in [0.25, 0.3) is 0 Å². The summed E-state index contributed by atoms with van der Waals surface area (Å²) in [4.78, 5) is 0. The molecule has 0 heterocycles. The van der Waals surface area contributed by atoms with Gasteiger partial charge in [-0.1, -0.05) is 0 Å². The molecular weight excluding hydrogens is 1190 g/mol. The number of rotatable bonds is 53. The Bertz CT molecular complexity index is 1850. The third-order valence-corrected chi connectivity index (χ3v) is 32.7. The summed E-state index contributed by atoms with van der Waals surface area (Å²) < 4.78 is 0. The van der Waals surface area contributed by atoms with Gasteiger partial charge in [0.2, 0.25) is 0 Å². The van der Waals surface area contributed by atoms with E-state index in [0.717, 1.165) is 0 Å². The van der Waals surface area contributed by atoms with Crippen LogP contribution < -0.4 is 0 Å². The third-order valence-electron chi connectivity index (χ3n) is 32.7. The fraction of sp³-hybridized carbons (Fsp3) is 0. The molecule has 0 aromatic carbocycles. The van der Waals surface area contributed by atoms with Crippen LogP contribution in [-0.2, 0) is 0 Å². The lowest BCUT2D eigenvalue weighted by atomic mass is 8.17. The Labute approximate surface area is 769 Å². The zero-order valence-electron chi connectivity index (χ0n) is 87.2. The second-order valence-corrected chi connectivity index (χ2v) is 49.8. The first kappa shape index (κ1) is 117. The van der Waals surface area contributed by atoms with Crippen molar-refractivity contribution in [2.45, 2.75) is 0 Å². The Kier molecular flexibility index (Phi) is 57.3. The summed E-state index contributed by atoms with van der Waals surface area (Å²) in [7, 11) is 157. The van der Waals surface area contributed by atoms with Crippen molar-refractivity contribution in [3.8, 4) is 0 Å². The zero-order valence-corrected chi connectivity index (χ0v) is 87.2. The third kappa shape index (κ3) is 31.2. The molecule has 0 aromatic heterocycles. The maximum absolute atomic E-state index is 2.83. The van der Waals surface area contributed by atoms with Crippen molar-refractivity contribution in [2.75, 3.05) is 0 Å². The largest absolute Gasteiger partial charge is 0.0552 e. The quantitative estimate of drug-likeness (QED) is 0.0533. The van der Waals surface area contributed by atoms with Gasteiger partial charge >= 0.3 is 0 Å². The van der Waals surface area contributed by atoms with Crippen LogP contribution in [0.2, 0.25) is 0 Å². The van der Waals surface area contributed by atoms with Crippen LogP contribution in [0.25, 0.3) is 0 Å². The average molecular weight is 1300 g/mol. The van der Waals surface area contributed by atoms with Gasteiger partial charge in [-0.3, -0.25) is 0 Å². The van der Waals surface area contributed by atoms with Crippen LogP contribution in [0, 0.1) is 0 Å². The molecule has 0 fully saturated rings. The van der Waals surface area contributed by atoms with Crippen molar-refractivity contribution in [1.82, 2.24) is 0 Å². The molecule has 0 aliphatic carbocycles. The van der Waals surface area contributed by atoms with Crippen molar-refractivity contribution in [2.24, 2.45) is 0 Å². The second-order valence-electron chi connectivity index (χ2n) is 49.8. The minimum atomic E-state index is 0.375. The lowest BCUT2D eigenvalue weighted by Gasteiger charge is -2.63. The van der Waals surface area contributed by atoms with Crippen molar-refractivity contribution in [3.05, 3.63) is 0 Å². The van der Waals surface area contributed by atoms with E-state index in [-0.39, 0.29) is 0 Å². The van der Waals surface area contributed by atoms with Gasteiger partial charge < -0.3 is 0 Å². The molecule has 0 aliphatic rings. The van der Waals surface area contributed by atoms with Crippen LogP contribution in [0.15, 0.2) is 0 Å². The highest BCUT2D eigenvalue weighted by molar-refractivity contribution is 8.45. The molecule has 0 nitrogen and oxygen atoms in total. The van der Waals surface area contributed by atoms with E-state index >= 15 is 0 Å². The molecule has 110 heavy (non-hydrogen) atoms. The molecule has 0 saturated heterocycles. The molecule has 0 aliphatic heterocycles. The van der Waals surface area contributed by atoms with E-state index < -0.39 is 0 Å². The van der Waals surface area contributed by atoms with Gasteiger partial charge in [0.15, 0.2) is 0 Å². The molecule has 0 radical (unpaired) electrons. The van der Waals surface area contributed by atoms with Crippen molar-refractivity contribution >= 4 is 778 Å². The van der Waals surface area contributed by atoms with Crippen molar-refractivity contribution in [1.29, 1.82) is 0 Å². The summed E-state index contributed by atoms with van der Waals surface area (Å²) in [5.41, 5.74) is 0. The number of hydrogen-bond acceptors (Lipinski definition) is 0. The molecule has 0 atom stereocenters. The van der Waals surface area contributed by atoms with Gasteiger partial charge in [-0.2, -0.15) is 0 Å². The Balaban J connectivity index is 15.6. The van der Waals surface area contributed by atoms with E-state index in [1.165, 1.54) is 0 Å². The highest BCUT2D eigenvalue weighted by Crippen LogP contribution is 2.32. The van der Waals surface area contributed by atoms with E-state index in [2.05, 4.69) is 433 Å². The molecule has 0 bridgehead atoms. The van der Waals surface area contributed by atoms with Gasteiger partial charge in [-0.05, 0) is 0 Å². The molecule has 0 aromatic rings. The lowest BCUT2D eigenvalue weighted by Crippen LogP contribution is -3.02. The van der Waals surface area contributed by atoms with E-state index in [1.54, 1.807) is 0 Å². The normalized spacial score (nSPS) is 9.85. The lowest BCUT2D eigenvalue weighted by molar-refractivity contribution is 3.12. The molecule has 0 spiro atoms. The highest BCUT2D eigenvalue weighted by atomic mass is 13.5. The van der Waals surface area contributed by atoms with Gasteiger partial charge in [-0.15, -0.1) is 0 Å². The first-order valence-electron chi connectivity index (χ1n) is 50.0. The summed E-state index contributed by atoms with van der Waals surface area (Å²) in [5, 5.41) is 0. The van der Waals surface area contributed by atoms with E-state index in [1.807, 2.05) is 0 Å². The maximum Gasteiger partial charge on any atom is 0.0552 e. The molecule has 110 heteroatoms. The molecule has 0 saturated carbocycles. The van der Waals surface area contributed by atoms with Crippen LogP contribution in [0.5, 0.6) is 0 Å². The predicted molar refractivity (Wildman–Crippen MR) is 789 cm³/mol. The molecule has 442 valence electrons. The summed E-state index contributed by atoms with van der Waals surface area (Å²) in [6.07, 6.45) is 26.8. The van der Waals surface area contributed by atoms with Gasteiger partial charge in [0, 0.05) is 345 Å². The van der Waals surface area contributed by atoms with Crippen molar-refractivity contribution < 1.29 is 0 Å². The summed E-state index contributed by atoms with van der Waals surface area (Å²) in [5.74, 6) is 0. The second kappa shape index (κ2) is 53.8. The molecule has 0 unspecified atom stereocenters. The summed E-state index contributed by atoms with van der Waals surface area (Å²) in [6, 6.07) is 0. The topological polar surface area (TPSA) is 0 Å². The number of hydrogen-bond donors (Lipinski definition) is 0. The fourth-order valence-electron chi connectivity index (χ4n) is 32.5. The molecule has 0 rings (SSSR count). The SMILES string of the molecule is BB(B)B(B(B)B)B(B(B(B)B)B(B)B)B(B(B(B(B)B)B(B)B)B(B(B)B)B(B)B)B(B(B(B(B)B)B(B)B)B(B(B)B)B(B)B)B(B(B(B(B(B)B)B(B)B)B(B(B)B)B(B)B)B(B(B(B)B)B(B)B)B(B(B)B)B(B)B)B(B(B(B(B)B)B(B)B)B(B(B)B)B(B)B)B(B(B(B)B)B(B)B)B(B(B)B)B(B)B. The molecule has 0 N–H and O–H groups in total. The van der Waals surface area contributed by atoms with E-state index in [0.29, 0.717) is 345 Å². The molecular formula is H112B110. The van der Waals surface area contributed by atoms with Crippen molar-refractivity contribution in [3.63, 3.8) is 0 Å². The van der Waals surface area contributed by atoms with Crippen LogP contribution in [0.4, 0.5) is 0 Å². The van der Waals surface area contributed by atoms with Crippen LogP contribution in [-0.4, -0.2) is 778 Å². The van der Waals surface area contributed by atoms with Gasteiger partial charge in [0.1, 0.15) is 0 Å². The van der Waals surface area contributed by atoms with Crippen LogP contribution in [0.1, 0.15) is 0 Å². The van der Waals surface area contributed by atoms with E-state index in [4.69, 9.17) is 0 Å². The fourth-order valence-corrected chi connectivity index (χ4v) is 32.5. The monoisotopic (exact) mass is 1320 g/mol. The highest BCUT2D eigenvalue weighted by Gasteiger charge is 2.70.